The van der Waals surface area contributed by atoms with Gasteiger partial charge in [0, 0.05) is 12.2 Å². The summed E-state index contributed by atoms with van der Waals surface area (Å²) >= 11 is 0. The Balaban J connectivity index is 2.00. The van der Waals surface area contributed by atoms with Crippen LogP contribution in [0.1, 0.15) is 38.5 Å². The van der Waals surface area contributed by atoms with Crippen molar-refractivity contribution >= 4 is 11.6 Å². The second-order valence-corrected chi connectivity index (χ2v) is 5.68. The van der Waals surface area contributed by atoms with E-state index in [1.807, 2.05) is 12.1 Å². The summed E-state index contributed by atoms with van der Waals surface area (Å²) in [6, 6.07) is 9.43. The normalized spacial score (nSPS) is 16.1. The van der Waals surface area contributed by atoms with E-state index in [4.69, 9.17) is 4.74 Å². The number of nitriles is 1. The molecular formula is C18H23N3O2. The van der Waals surface area contributed by atoms with Crippen molar-refractivity contribution in [2.45, 2.75) is 44.6 Å². The fourth-order valence-corrected chi connectivity index (χ4v) is 2.73. The summed E-state index contributed by atoms with van der Waals surface area (Å²) in [7, 11) is 1.54. The first-order chi connectivity index (χ1) is 11.2. The van der Waals surface area contributed by atoms with Crippen molar-refractivity contribution in [2.75, 3.05) is 12.4 Å². The van der Waals surface area contributed by atoms with Gasteiger partial charge in [0.05, 0.1) is 12.8 Å². The van der Waals surface area contributed by atoms with Gasteiger partial charge in [0.25, 0.3) is 5.91 Å². The van der Waals surface area contributed by atoms with Crippen LogP contribution >= 0.6 is 0 Å². The van der Waals surface area contributed by atoms with Gasteiger partial charge in [-0.2, -0.15) is 5.26 Å². The minimum atomic E-state index is -0.432. The Hall–Kier alpha value is -2.48. The minimum Gasteiger partial charge on any atom is -0.495 e. The van der Waals surface area contributed by atoms with Crippen molar-refractivity contribution in [1.82, 2.24) is 5.32 Å². The molecule has 0 aliphatic heterocycles. The molecule has 1 saturated carbocycles. The van der Waals surface area contributed by atoms with Crippen LogP contribution in [0.15, 0.2) is 36.0 Å². The van der Waals surface area contributed by atoms with Gasteiger partial charge in [-0.05, 0) is 25.0 Å². The van der Waals surface area contributed by atoms with Crippen molar-refractivity contribution in [3.63, 3.8) is 0 Å². The van der Waals surface area contributed by atoms with Gasteiger partial charge in [-0.25, -0.2) is 0 Å². The van der Waals surface area contributed by atoms with Crippen LogP contribution in [0.3, 0.4) is 0 Å². The van der Waals surface area contributed by atoms with Crippen LogP contribution in [0.5, 0.6) is 5.75 Å². The first-order valence-corrected chi connectivity index (χ1v) is 8.05. The number of ether oxygens (including phenoxy) is 1. The van der Waals surface area contributed by atoms with E-state index in [-0.39, 0.29) is 5.57 Å². The van der Waals surface area contributed by atoms with Gasteiger partial charge in [0.1, 0.15) is 17.4 Å². The quantitative estimate of drug-likeness (QED) is 0.496. The van der Waals surface area contributed by atoms with Crippen molar-refractivity contribution in [2.24, 2.45) is 0 Å². The maximum Gasteiger partial charge on any atom is 0.267 e. The van der Waals surface area contributed by atoms with E-state index in [1.54, 1.807) is 31.5 Å². The average Bonchev–Trinajstić information content (AvgIpc) is 2.85. The number of methoxy groups -OCH3 is 1. The van der Waals surface area contributed by atoms with Crippen LogP contribution in [0.25, 0.3) is 0 Å². The Kier molecular flexibility index (Phi) is 6.49. The Bertz CT molecular complexity index is 597. The van der Waals surface area contributed by atoms with Gasteiger partial charge in [-0.1, -0.05) is 37.8 Å². The molecule has 2 rings (SSSR count). The number of carbonyl (C=O) groups excluding carboxylic acids is 1. The molecule has 0 bridgehead atoms. The third kappa shape index (κ3) is 5.03. The highest BCUT2D eigenvalue weighted by Gasteiger charge is 2.14. The maximum absolute atomic E-state index is 12.3. The van der Waals surface area contributed by atoms with Crippen LogP contribution in [0, 0.1) is 11.3 Å². The van der Waals surface area contributed by atoms with E-state index in [1.165, 1.54) is 25.7 Å². The molecule has 0 unspecified atom stereocenters. The van der Waals surface area contributed by atoms with Crippen molar-refractivity contribution in [3.05, 3.63) is 36.0 Å². The van der Waals surface area contributed by atoms with E-state index < -0.39 is 5.91 Å². The first kappa shape index (κ1) is 16.9. The zero-order chi connectivity index (χ0) is 16.5. The van der Waals surface area contributed by atoms with Crippen LogP contribution in [0.4, 0.5) is 5.69 Å². The summed E-state index contributed by atoms with van der Waals surface area (Å²) in [5, 5.41) is 15.2. The number of amides is 1. The molecule has 0 spiro atoms. The molecule has 1 aromatic rings. The standard InChI is InChI=1S/C18H23N3O2/c1-23-17-11-7-6-10-16(17)21-18(22)14(12-19)13-20-15-8-4-2-3-5-9-15/h6-7,10-11,13,15,20H,2-5,8-9H2,1H3,(H,21,22)/b14-13-. The number of benzene rings is 1. The molecule has 2 N–H and O–H groups in total. The monoisotopic (exact) mass is 313 g/mol. The van der Waals surface area contributed by atoms with E-state index >= 15 is 0 Å². The molecule has 0 saturated heterocycles. The van der Waals surface area contributed by atoms with Crippen LogP contribution in [-0.4, -0.2) is 19.1 Å². The van der Waals surface area contributed by atoms with Crippen molar-refractivity contribution in [1.29, 1.82) is 5.26 Å². The lowest BCUT2D eigenvalue weighted by Crippen LogP contribution is -2.25. The van der Waals surface area contributed by atoms with Gasteiger partial charge in [0.2, 0.25) is 0 Å². The topological polar surface area (TPSA) is 74.1 Å². The summed E-state index contributed by atoms with van der Waals surface area (Å²) in [5.74, 6) is 0.132. The van der Waals surface area contributed by atoms with Gasteiger partial charge in [-0.3, -0.25) is 4.79 Å². The number of hydrogen-bond donors (Lipinski definition) is 2. The number of anilines is 1. The number of carbonyl (C=O) groups is 1. The number of para-hydroxylation sites is 2. The number of hydrogen-bond acceptors (Lipinski definition) is 4. The van der Waals surface area contributed by atoms with E-state index in [2.05, 4.69) is 10.6 Å². The Morgan fingerprint density at radius 3 is 2.61 bits per heavy atom. The number of nitrogens with one attached hydrogen (secondary N) is 2. The second kappa shape index (κ2) is 8.84. The van der Waals surface area contributed by atoms with Crippen molar-refractivity contribution < 1.29 is 9.53 Å². The molecule has 0 atom stereocenters. The highest BCUT2D eigenvalue weighted by molar-refractivity contribution is 6.07. The molecule has 122 valence electrons. The summed E-state index contributed by atoms with van der Waals surface area (Å²) in [6.45, 7) is 0. The van der Waals surface area contributed by atoms with E-state index in [0.29, 0.717) is 17.5 Å². The minimum absolute atomic E-state index is 0.0696. The molecule has 0 radical (unpaired) electrons. The molecule has 5 heteroatoms. The van der Waals surface area contributed by atoms with E-state index in [9.17, 15) is 10.1 Å². The van der Waals surface area contributed by atoms with Gasteiger partial charge >= 0.3 is 0 Å². The SMILES string of the molecule is COc1ccccc1NC(=O)/C(C#N)=C\NC1CCCCCC1. The fraction of sp³-hybridized carbons (Fsp3) is 0.444. The lowest BCUT2D eigenvalue weighted by molar-refractivity contribution is -0.112. The highest BCUT2D eigenvalue weighted by atomic mass is 16.5. The largest absolute Gasteiger partial charge is 0.495 e. The molecule has 23 heavy (non-hydrogen) atoms. The molecule has 1 fully saturated rings. The van der Waals surface area contributed by atoms with Gasteiger partial charge < -0.3 is 15.4 Å². The Morgan fingerprint density at radius 1 is 1.26 bits per heavy atom. The summed E-state index contributed by atoms with van der Waals surface area (Å²) in [6.07, 6.45) is 8.64. The van der Waals surface area contributed by atoms with Gasteiger partial charge in [-0.15, -0.1) is 0 Å². The number of rotatable bonds is 5. The summed E-state index contributed by atoms with van der Waals surface area (Å²) < 4.78 is 5.20. The molecule has 1 aliphatic carbocycles. The smallest absolute Gasteiger partial charge is 0.267 e. The molecule has 0 heterocycles. The Morgan fingerprint density at radius 2 is 1.96 bits per heavy atom. The molecule has 5 nitrogen and oxygen atoms in total. The second-order valence-electron chi connectivity index (χ2n) is 5.68. The molecular weight excluding hydrogens is 290 g/mol. The summed E-state index contributed by atoms with van der Waals surface area (Å²) in [4.78, 5) is 12.3. The predicted octanol–water partition coefficient (Wildman–Crippen LogP) is 3.35. The fourth-order valence-electron chi connectivity index (χ4n) is 2.73. The zero-order valence-corrected chi connectivity index (χ0v) is 13.5. The molecule has 1 aromatic carbocycles. The predicted molar refractivity (Wildman–Crippen MR) is 89.9 cm³/mol. The molecule has 1 amide bonds. The lowest BCUT2D eigenvalue weighted by Gasteiger charge is -2.14. The third-order valence-corrected chi connectivity index (χ3v) is 4.04. The van der Waals surface area contributed by atoms with Crippen LogP contribution < -0.4 is 15.4 Å². The zero-order valence-electron chi connectivity index (χ0n) is 13.5. The maximum atomic E-state index is 12.3. The lowest BCUT2D eigenvalue weighted by atomic mass is 10.1. The highest BCUT2D eigenvalue weighted by Crippen LogP contribution is 2.23. The number of nitrogens with zero attached hydrogens (tertiary/aromatic N) is 1. The Labute approximate surface area is 137 Å². The van der Waals surface area contributed by atoms with Gasteiger partial charge in [0.15, 0.2) is 0 Å². The third-order valence-electron chi connectivity index (χ3n) is 4.04. The van der Waals surface area contributed by atoms with E-state index in [0.717, 1.165) is 12.8 Å². The average molecular weight is 313 g/mol. The summed E-state index contributed by atoms with van der Waals surface area (Å²) in [5.41, 5.74) is 0.621. The van der Waals surface area contributed by atoms with Crippen molar-refractivity contribution in [3.8, 4) is 11.8 Å². The molecule has 1 aliphatic rings. The molecule has 0 aromatic heterocycles. The first-order valence-electron chi connectivity index (χ1n) is 8.05. The van der Waals surface area contributed by atoms with Crippen LogP contribution in [-0.2, 0) is 4.79 Å². The van der Waals surface area contributed by atoms with Crippen LogP contribution in [0.2, 0.25) is 0 Å².